The van der Waals surface area contributed by atoms with E-state index in [0.717, 1.165) is 0 Å². The molecule has 0 rings (SSSR count). The quantitative estimate of drug-likeness (QED) is 0.602. The van der Waals surface area contributed by atoms with E-state index in [1.807, 2.05) is 41.5 Å². The highest BCUT2D eigenvalue weighted by Gasteiger charge is 2.57. The molecule has 0 spiro atoms. The topological polar surface area (TPSA) is 52.6 Å². The molecule has 0 aliphatic heterocycles. The Morgan fingerprint density at radius 2 is 1.19 bits per heavy atom. The summed E-state index contributed by atoms with van der Waals surface area (Å²) in [4.78, 5) is 24.9. The number of hydrogen-bond acceptors (Lipinski definition) is 4. The van der Waals surface area contributed by atoms with Crippen LogP contribution in [0.15, 0.2) is 0 Å². The molecule has 0 amide bonds. The van der Waals surface area contributed by atoms with E-state index in [-0.39, 0.29) is 6.42 Å². The standard InChI is InChI=1S/C20H36F2O4/c1-12-13(20(21,22)15(24)26-18(8,9)10)25-14(23)19(11,16(2,3)4)17(5,6)7/h13H,12H2,1-11H3. The lowest BCUT2D eigenvalue weighted by Crippen LogP contribution is -2.54. The van der Waals surface area contributed by atoms with Gasteiger partial charge in [-0.05, 0) is 44.9 Å². The Kier molecular flexibility index (Phi) is 7.09. The molecule has 4 nitrogen and oxygen atoms in total. The monoisotopic (exact) mass is 378 g/mol. The second kappa shape index (κ2) is 7.43. The minimum absolute atomic E-state index is 0.206. The zero-order valence-electron chi connectivity index (χ0n) is 18.2. The van der Waals surface area contributed by atoms with Crippen LogP contribution in [0.25, 0.3) is 0 Å². The molecule has 0 aliphatic rings. The summed E-state index contributed by atoms with van der Waals surface area (Å²) in [6.07, 6.45) is -2.09. The highest BCUT2D eigenvalue weighted by atomic mass is 19.3. The number of carbonyl (C=O) groups is 2. The Balaban J connectivity index is 5.75. The first-order chi connectivity index (χ1) is 11.2. The summed E-state index contributed by atoms with van der Waals surface area (Å²) in [6, 6.07) is 0. The van der Waals surface area contributed by atoms with E-state index in [1.165, 1.54) is 27.7 Å². The lowest BCUT2D eigenvalue weighted by Gasteiger charge is -2.49. The summed E-state index contributed by atoms with van der Waals surface area (Å²) in [6.45, 7) is 18.9. The number of alkyl halides is 2. The molecule has 0 N–H and O–H groups in total. The van der Waals surface area contributed by atoms with Crippen LogP contribution >= 0.6 is 0 Å². The number of hydrogen-bond donors (Lipinski definition) is 0. The Morgan fingerprint density at radius 1 is 0.808 bits per heavy atom. The predicted molar refractivity (Wildman–Crippen MR) is 98.0 cm³/mol. The first-order valence-electron chi connectivity index (χ1n) is 9.04. The fraction of sp³-hybridized carbons (Fsp3) is 0.900. The number of halogens is 2. The SMILES string of the molecule is CCC(OC(=O)C(C)(C(C)(C)C)C(C)(C)C)C(F)(F)C(=O)OC(C)(C)C. The zero-order chi connectivity index (χ0) is 21.4. The molecule has 6 heteroatoms. The van der Waals surface area contributed by atoms with Gasteiger partial charge in [0, 0.05) is 0 Å². The van der Waals surface area contributed by atoms with Crippen LogP contribution in [-0.2, 0) is 19.1 Å². The molecular formula is C20H36F2O4. The van der Waals surface area contributed by atoms with E-state index >= 15 is 0 Å². The van der Waals surface area contributed by atoms with Crippen molar-refractivity contribution in [2.45, 2.75) is 100 Å². The third-order valence-corrected chi connectivity index (χ3v) is 5.10. The van der Waals surface area contributed by atoms with E-state index in [9.17, 15) is 18.4 Å². The number of esters is 2. The van der Waals surface area contributed by atoms with Crippen molar-refractivity contribution in [3.8, 4) is 0 Å². The van der Waals surface area contributed by atoms with E-state index in [1.54, 1.807) is 6.92 Å². The van der Waals surface area contributed by atoms with Gasteiger partial charge in [-0.3, -0.25) is 4.79 Å². The molecule has 0 bridgehead atoms. The molecule has 0 aromatic heterocycles. The average molecular weight is 379 g/mol. The molecule has 26 heavy (non-hydrogen) atoms. The van der Waals surface area contributed by atoms with Gasteiger partial charge in [0.1, 0.15) is 5.60 Å². The molecule has 0 saturated carbocycles. The summed E-state index contributed by atoms with van der Waals surface area (Å²) in [5.74, 6) is -6.35. The molecule has 0 saturated heterocycles. The first kappa shape index (κ1) is 24.8. The molecule has 0 aliphatic carbocycles. The van der Waals surface area contributed by atoms with Crippen molar-refractivity contribution in [3.63, 3.8) is 0 Å². The third kappa shape index (κ3) is 5.17. The maximum absolute atomic E-state index is 14.6. The van der Waals surface area contributed by atoms with Crippen LogP contribution < -0.4 is 0 Å². The van der Waals surface area contributed by atoms with Crippen LogP contribution in [0.5, 0.6) is 0 Å². The molecule has 154 valence electrons. The second-order valence-corrected chi connectivity index (χ2v) is 10.1. The number of rotatable bonds is 5. The Labute approximate surface area is 157 Å². The second-order valence-electron chi connectivity index (χ2n) is 10.1. The van der Waals surface area contributed by atoms with Crippen LogP contribution in [0, 0.1) is 16.2 Å². The molecule has 0 heterocycles. The van der Waals surface area contributed by atoms with Crippen LogP contribution in [0.2, 0.25) is 0 Å². The molecule has 1 unspecified atom stereocenters. The van der Waals surface area contributed by atoms with Gasteiger partial charge < -0.3 is 9.47 Å². The van der Waals surface area contributed by atoms with Crippen molar-refractivity contribution < 1.29 is 27.8 Å². The van der Waals surface area contributed by atoms with Gasteiger partial charge in [0.2, 0.25) is 0 Å². The van der Waals surface area contributed by atoms with E-state index in [4.69, 9.17) is 9.47 Å². The van der Waals surface area contributed by atoms with Crippen LogP contribution in [0.3, 0.4) is 0 Å². The lowest BCUT2D eigenvalue weighted by atomic mass is 9.55. The van der Waals surface area contributed by atoms with Crippen molar-refractivity contribution in [2.24, 2.45) is 16.2 Å². The van der Waals surface area contributed by atoms with Crippen molar-refractivity contribution in [1.29, 1.82) is 0 Å². The third-order valence-electron chi connectivity index (χ3n) is 5.10. The van der Waals surface area contributed by atoms with Gasteiger partial charge in [-0.15, -0.1) is 0 Å². The number of carbonyl (C=O) groups excluding carboxylic acids is 2. The lowest BCUT2D eigenvalue weighted by molar-refractivity contribution is -0.215. The Hall–Kier alpha value is -1.20. The fourth-order valence-corrected chi connectivity index (χ4v) is 2.88. The minimum Gasteiger partial charge on any atom is -0.455 e. The van der Waals surface area contributed by atoms with Gasteiger partial charge in [-0.25, -0.2) is 4.79 Å². The zero-order valence-corrected chi connectivity index (χ0v) is 18.2. The highest BCUT2D eigenvalue weighted by Crippen LogP contribution is 2.52. The van der Waals surface area contributed by atoms with Gasteiger partial charge in [-0.1, -0.05) is 48.5 Å². The Bertz CT molecular complexity index is 505. The van der Waals surface area contributed by atoms with Gasteiger partial charge in [-0.2, -0.15) is 8.78 Å². The summed E-state index contributed by atoms with van der Waals surface area (Å²) >= 11 is 0. The molecule has 0 fully saturated rings. The minimum atomic E-state index is -3.92. The molecular weight excluding hydrogens is 342 g/mol. The molecule has 1 atom stereocenters. The summed E-state index contributed by atoms with van der Waals surface area (Å²) < 4.78 is 39.2. The van der Waals surface area contributed by atoms with E-state index < -0.39 is 45.8 Å². The summed E-state index contributed by atoms with van der Waals surface area (Å²) in [5, 5.41) is 0. The van der Waals surface area contributed by atoms with Gasteiger partial charge in [0.05, 0.1) is 5.41 Å². The van der Waals surface area contributed by atoms with E-state index in [0.29, 0.717) is 0 Å². The largest absolute Gasteiger partial charge is 0.455 e. The number of ether oxygens (including phenoxy) is 2. The van der Waals surface area contributed by atoms with Crippen molar-refractivity contribution >= 4 is 11.9 Å². The van der Waals surface area contributed by atoms with Crippen LogP contribution in [0.4, 0.5) is 8.78 Å². The fourth-order valence-electron chi connectivity index (χ4n) is 2.88. The van der Waals surface area contributed by atoms with Crippen LogP contribution in [0.1, 0.15) is 82.6 Å². The predicted octanol–water partition coefficient (Wildman–Crippen LogP) is 5.38. The average Bonchev–Trinajstić information content (AvgIpc) is 2.38. The smallest absolute Gasteiger partial charge is 0.381 e. The maximum Gasteiger partial charge on any atom is 0.381 e. The first-order valence-corrected chi connectivity index (χ1v) is 9.04. The molecule has 0 radical (unpaired) electrons. The van der Waals surface area contributed by atoms with Crippen molar-refractivity contribution in [3.05, 3.63) is 0 Å². The van der Waals surface area contributed by atoms with Gasteiger partial charge >= 0.3 is 17.9 Å². The highest BCUT2D eigenvalue weighted by molar-refractivity contribution is 5.81. The van der Waals surface area contributed by atoms with E-state index in [2.05, 4.69) is 0 Å². The normalized spacial score (nSPS) is 15.4. The van der Waals surface area contributed by atoms with Crippen LogP contribution in [-0.4, -0.2) is 29.6 Å². The molecule has 0 aromatic carbocycles. The van der Waals surface area contributed by atoms with Crippen molar-refractivity contribution in [2.75, 3.05) is 0 Å². The maximum atomic E-state index is 14.6. The summed E-state index contributed by atoms with van der Waals surface area (Å²) in [5.41, 5.74) is -3.19. The Morgan fingerprint density at radius 3 is 1.46 bits per heavy atom. The summed E-state index contributed by atoms with van der Waals surface area (Å²) in [7, 11) is 0. The molecule has 0 aromatic rings. The van der Waals surface area contributed by atoms with Gasteiger partial charge in [0.25, 0.3) is 0 Å². The van der Waals surface area contributed by atoms with Gasteiger partial charge in [0.15, 0.2) is 6.10 Å². The van der Waals surface area contributed by atoms with Crippen molar-refractivity contribution in [1.82, 2.24) is 0 Å².